The molecule has 0 fully saturated rings. The van der Waals surface area contributed by atoms with Crippen LogP contribution in [0.3, 0.4) is 0 Å². The van der Waals surface area contributed by atoms with Gasteiger partial charge in [0, 0.05) is 6.54 Å². The second-order valence-electron chi connectivity index (χ2n) is 4.49. The van der Waals surface area contributed by atoms with Crippen molar-refractivity contribution >= 4 is 17.3 Å². The first kappa shape index (κ1) is 12.6. The molecule has 4 heteroatoms. The maximum absolute atomic E-state index is 5.61. The van der Waals surface area contributed by atoms with E-state index in [1.54, 1.807) is 6.07 Å². The molecule has 5 N–H and O–H groups in total. The molecule has 0 bridgehead atoms. The standard InChI is InChI=1S/C12H22N4/c1-9(2)5-3-4-8-15-11-7-6-10(13)12(14)16-11/h6-7,9H,3-5,8,13H2,1-2H3,(H3,14,15,16). The van der Waals surface area contributed by atoms with Crippen molar-refractivity contribution in [2.24, 2.45) is 5.92 Å². The molecule has 1 aromatic heterocycles. The summed E-state index contributed by atoms with van der Waals surface area (Å²) in [4.78, 5) is 4.15. The summed E-state index contributed by atoms with van der Waals surface area (Å²) in [5.41, 5.74) is 11.7. The smallest absolute Gasteiger partial charge is 0.149 e. The molecule has 0 radical (unpaired) electrons. The molecule has 16 heavy (non-hydrogen) atoms. The van der Waals surface area contributed by atoms with Crippen molar-refractivity contribution in [1.82, 2.24) is 4.98 Å². The first-order valence-electron chi connectivity index (χ1n) is 5.85. The van der Waals surface area contributed by atoms with E-state index in [2.05, 4.69) is 24.1 Å². The Bertz CT molecular complexity index is 323. The van der Waals surface area contributed by atoms with Gasteiger partial charge in [0.2, 0.25) is 0 Å². The lowest BCUT2D eigenvalue weighted by atomic mass is 10.1. The topological polar surface area (TPSA) is 77.0 Å². The molecule has 1 aromatic rings. The molecule has 0 spiro atoms. The summed E-state index contributed by atoms with van der Waals surface area (Å²) in [6.45, 7) is 5.42. The van der Waals surface area contributed by atoms with E-state index in [-0.39, 0.29) is 0 Å². The Labute approximate surface area is 97.4 Å². The molecule has 0 aliphatic rings. The van der Waals surface area contributed by atoms with Gasteiger partial charge in [-0.2, -0.15) is 0 Å². The average molecular weight is 222 g/mol. The van der Waals surface area contributed by atoms with Crippen LogP contribution in [0.5, 0.6) is 0 Å². The zero-order valence-electron chi connectivity index (χ0n) is 10.2. The first-order chi connectivity index (χ1) is 7.59. The maximum atomic E-state index is 5.61. The number of nitrogen functional groups attached to an aromatic ring is 2. The van der Waals surface area contributed by atoms with E-state index >= 15 is 0 Å². The predicted octanol–water partition coefficient (Wildman–Crippen LogP) is 2.48. The molecule has 0 aliphatic carbocycles. The minimum atomic E-state index is 0.396. The Hall–Kier alpha value is -1.45. The van der Waals surface area contributed by atoms with Crippen LogP contribution in [0.4, 0.5) is 17.3 Å². The van der Waals surface area contributed by atoms with Gasteiger partial charge in [0.15, 0.2) is 0 Å². The fourth-order valence-electron chi connectivity index (χ4n) is 1.48. The predicted molar refractivity (Wildman–Crippen MR) is 70.2 cm³/mol. The highest BCUT2D eigenvalue weighted by atomic mass is 15.0. The number of nitrogens with two attached hydrogens (primary N) is 2. The van der Waals surface area contributed by atoms with Crippen molar-refractivity contribution in [3.63, 3.8) is 0 Å². The van der Waals surface area contributed by atoms with Crippen LogP contribution in [0.15, 0.2) is 12.1 Å². The van der Waals surface area contributed by atoms with E-state index in [4.69, 9.17) is 11.5 Å². The SMILES string of the molecule is CC(C)CCCCNc1ccc(N)c(N)n1. The summed E-state index contributed by atoms with van der Waals surface area (Å²) in [5.74, 6) is 1.98. The second kappa shape index (κ2) is 6.20. The van der Waals surface area contributed by atoms with E-state index in [1.165, 1.54) is 12.8 Å². The van der Waals surface area contributed by atoms with Gasteiger partial charge in [-0.15, -0.1) is 0 Å². The number of rotatable bonds is 6. The van der Waals surface area contributed by atoms with Gasteiger partial charge in [-0.25, -0.2) is 4.98 Å². The highest BCUT2D eigenvalue weighted by Crippen LogP contribution is 2.14. The molecule has 0 unspecified atom stereocenters. The average Bonchev–Trinajstić information content (AvgIpc) is 2.22. The molecule has 4 nitrogen and oxygen atoms in total. The molecule has 0 aromatic carbocycles. The van der Waals surface area contributed by atoms with E-state index in [9.17, 15) is 0 Å². The second-order valence-corrected chi connectivity index (χ2v) is 4.49. The van der Waals surface area contributed by atoms with E-state index in [0.29, 0.717) is 11.5 Å². The van der Waals surface area contributed by atoms with E-state index in [0.717, 1.165) is 24.7 Å². The van der Waals surface area contributed by atoms with Crippen LogP contribution < -0.4 is 16.8 Å². The van der Waals surface area contributed by atoms with Crippen LogP contribution in [-0.4, -0.2) is 11.5 Å². The Balaban J connectivity index is 2.24. The Morgan fingerprint density at radius 1 is 1.25 bits per heavy atom. The van der Waals surface area contributed by atoms with Crippen molar-refractivity contribution in [3.05, 3.63) is 12.1 Å². The quantitative estimate of drug-likeness (QED) is 0.646. The van der Waals surface area contributed by atoms with Gasteiger partial charge in [-0.05, 0) is 24.5 Å². The molecule has 0 atom stereocenters. The van der Waals surface area contributed by atoms with Crippen LogP contribution in [0.2, 0.25) is 0 Å². The highest BCUT2D eigenvalue weighted by Gasteiger charge is 1.98. The number of nitrogens with zero attached hydrogens (tertiary/aromatic N) is 1. The zero-order valence-corrected chi connectivity index (χ0v) is 10.2. The lowest BCUT2D eigenvalue weighted by Crippen LogP contribution is -2.06. The fraction of sp³-hybridized carbons (Fsp3) is 0.583. The summed E-state index contributed by atoms with van der Waals surface area (Å²) in [6, 6.07) is 3.63. The molecule has 1 rings (SSSR count). The summed E-state index contributed by atoms with van der Waals surface area (Å²) < 4.78 is 0. The van der Waals surface area contributed by atoms with Gasteiger partial charge in [0.05, 0.1) is 5.69 Å². The number of unbranched alkanes of at least 4 members (excludes halogenated alkanes) is 1. The number of hydrogen-bond acceptors (Lipinski definition) is 4. The van der Waals surface area contributed by atoms with Crippen molar-refractivity contribution in [1.29, 1.82) is 0 Å². The van der Waals surface area contributed by atoms with Gasteiger partial charge >= 0.3 is 0 Å². The fourth-order valence-corrected chi connectivity index (χ4v) is 1.48. The largest absolute Gasteiger partial charge is 0.396 e. The minimum Gasteiger partial charge on any atom is -0.396 e. The number of anilines is 3. The summed E-state index contributed by atoms with van der Waals surface area (Å²) in [7, 11) is 0. The Morgan fingerprint density at radius 2 is 2.00 bits per heavy atom. The molecule has 0 saturated heterocycles. The molecule has 1 heterocycles. The van der Waals surface area contributed by atoms with Gasteiger partial charge in [0.1, 0.15) is 11.6 Å². The summed E-state index contributed by atoms with van der Waals surface area (Å²) in [5, 5.41) is 3.24. The molecule has 0 saturated carbocycles. The van der Waals surface area contributed by atoms with Gasteiger partial charge in [-0.3, -0.25) is 0 Å². The summed E-state index contributed by atoms with van der Waals surface area (Å²) in [6.07, 6.45) is 3.68. The van der Waals surface area contributed by atoms with Crippen LogP contribution in [-0.2, 0) is 0 Å². The monoisotopic (exact) mass is 222 g/mol. The third-order valence-corrected chi connectivity index (χ3v) is 2.47. The number of hydrogen-bond donors (Lipinski definition) is 3. The van der Waals surface area contributed by atoms with Gasteiger partial charge < -0.3 is 16.8 Å². The Morgan fingerprint density at radius 3 is 2.62 bits per heavy atom. The Kier molecular flexibility index (Phi) is 4.89. The van der Waals surface area contributed by atoms with Crippen LogP contribution in [0.25, 0.3) is 0 Å². The number of pyridine rings is 1. The van der Waals surface area contributed by atoms with Gasteiger partial charge in [-0.1, -0.05) is 26.7 Å². The molecular formula is C12H22N4. The lowest BCUT2D eigenvalue weighted by Gasteiger charge is -2.08. The van der Waals surface area contributed by atoms with Crippen molar-refractivity contribution < 1.29 is 0 Å². The number of nitrogens with one attached hydrogen (secondary N) is 1. The van der Waals surface area contributed by atoms with Gasteiger partial charge in [0.25, 0.3) is 0 Å². The zero-order chi connectivity index (χ0) is 12.0. The minimum absolute atomic E-state index is 0.396. The lowest BCUT2D eigenvalue weighted by molar-refractivity contribution is 0.544. The molecule has 0 amide bonds. The normalized spacial score (nSPS) is 10.7. The first-order valence-corrected chi connectivity index (χ1v) is 5.85. The molecule has 90 valence electrons. The van der Waals surface area contributed by atoms with Crippen LogP contribution >= 0.6 is 0 Å². The molecular weight excluding hydrogens is 200 g/mol. The van der Waals surface area contributed by atoms with Crippen LogP contribution in [0.1, 0.15) is 33.1 Å². The van der Waals surface area contributed by atoms with Crippen molar-refractivity contribution in [2.75, 3.05) is 23.3 Å². The third kappa shape index (κ3) is 4.38. The summed E-state index contributed by atoms with van der Waals surface area (Å²) >= 11 is 0. The van der Waals surface area contributed by atoms with Crippen molar-refractivity contribution in [3.8, 4) is 0 Å². The maximum Gasteiger partial charge on any atom is 0.149 e. The highest BCUT2D eigenvalue weighted by molar-refractivity contribution is 5.61. The van der Waals surface area contributed by atoms with E-state index < -0.39 is 0 Å². The van der Waals surface area contributed by atoms with E-state index in [1.807, 2.05) is 6.07 Å². The number of aromatic nitrogens is 1. The molecule has 0 aliphatic heterocycles. The van der Waals surface area contributed by atoms with Crippen LogP contribution in [0, 0.1) is 5.92 Å². The van der Waals surface area contributed by atoms with Crippen molar-refractivity contribution in [2.45, 2.75) is 33.1 Å². The third-order valence-electron chi connectivity index (χ3n) is 2.47.